The largest absolute Gasteiger partial charge is 0.351 e. The Balaban J connectivity index is 2.70. The second-order valence-electron chi connectivity index (χ2n) is 3.48. The molecule has 0 saturated carbocycles. The highest BCUT2D eigenvalue weighted by Gasteiger charge is 1.99. The summed E-state index contributed by atoms with van der Waals surface area (Å²) in [6, 6.07) is 8.56. The van der Waals surface area contributed by atoms with Crippen LogP contribution in [0.15, 0.2) is 37.0 Å². The number of rotatable bonds is 1. The number of benzene rings is 1. The van der Waals surface area contributed by atoms with Gasteiger partial charge in [0.15, 0.2) is 0 Å². The van der Waals surface area contributed by atoms with Crippen molar-refractivity contribution >= 4 is 16.5 Å². The van der Waals surface area contributed by atoms with E-state index in [2.05, 4.69) is 48.7 Å². The molecule has 0 fully saturated rings. The maximum absolute atomic E-state index is 3.93. The van der Waals surface area contributed by atoms with Gasteiger partial charge in [-0.2, -0.15) is 0 Å². The molecule has 0 aliphatic heterocycles. The molecule has 13 heavy (non-hydrogen) atoms. The predicted octanol–water partition coefficient (Wildman–Crippen LogP) is 3.21. The number of aromatic nitrogens is 1. The van der Waals surface area contributed by atoms with Crippen LogP contribution in [0.5, 0.6) is 0 Å². The molecule has 0 spiro atoms. The monoisotopic (exact) mass is 171 g/mol. The van der Waals surface area contributed by atoms with Crippen molar-refractivity contribution in [1.82, 2.24) is 4.57 Å². The molecular formula is C12H13N. The fourth-order valence-corrected chi connectivity index (χ4v) is 1.55. The second kappa shape index (κ2) is 2.77. The minimum absolute atomic E-state index is 1.12. The Morgan fingerprint density at radius 2 is 2.08 bits per heavy atom. The number of hydrogen-bond donors (Lipinski definition) is 0. The van der Waals surface area contributed by atoms with E-state index >= 15 is 0 Å². The molecule has 0 N–H and O–H groups in total. The van der Waals surface area contributed by atoms with Crippen LogP contribution in [0.3, 0.4) is 0 Å². The summed E-state index contributed by atoms with van der Waals surface area (Å²) in [7, 11) is 2.06. The SMILES string of the molecule is C=C(C)c1ccc2c(ccn2C)c1. The molecule has 0 unspecified atom stereocenters. The molecule has 1 heterocycles. The molecule has 0 bridgehead atoms. The van der Waals surface area contributed by atoms with E-state index in [0.29, 0.717) is 0 Å². The van der Waals surface area contributed by atoms with Crippen molar-refractivity contribution in [3.63, 3.8) is 0 Å². The normalized spacial score (nSPS) is 10.6. The van der Waals surface area contributed by atoms with Crippen molar-refractivity contribution in [2.24, 2.45) is 7.05 Å². The number of fused-ring (bicyclic) bond motifs is 1. The summed E-state index contributed by atoms with van der Waals surface area (Å²) in [5.41, 5.74) is 3.61. The highest BCUT2D eigenvalue weighted by Crippen LogP contribution is 2.20. The maximum Gasteiger partial charge on any atom is 0.0478 e. The fraction of sp³-hybridized carbons (Fsp3) is 0.167. The molecule has 0 radical (unpaired) electrons. The van der Waals surface area contributed by atoms with Crippen molar-refractivity contribution in [1.29, 1.82) is 0 Å². The summed E-state index contributed by atoms with van der Waals surface area (Å²) in [5, 5.41) is 1.28. The first-order chi connectivity index (χ1) is 6.18. The van der Waals surface area contributed by atoms with Crippen LogP contribution < -0.4 is 0 Å². The summed E-state index contributed by atoms with van der Waals surface area (Å²) >= 11 is 0. The Kier molecular flexibility index (Phi) is 1.73. The molecule has 0 aliphatic rings. The Morgan fingerprint density at radius 1 is 1.31 bits per heavy atom. The second-order valence-corrected chi connectivity index (χ2v) is 3.48. The average molecular weight is 171 g/mol. The van der Waals surface area contributed by atoms with Gasteiger partial charge in [0.25, 0.3) is 0 Å². The van der Waals surface area contributed by atoms with E-state index in [-0.39, 0.29) is 0 Å². The van der Waals surface area contributed by atoms with E-state index in [9.17, 15) is 0 Å². The molecular weight excluding hydrogens is 158 g/mol. The molecule has 0 aliphatic carbocycles. The summed E-state index contributed by atoms with van der Waals surface area (Å²) in [4.78, 5) is 0. The molecule has 0 saturated heterocycles. The molecule has 1 heteroatoms. The third-order valence-corrected chi connectivity index (χ3v) is 2.38. The van der Waals surface area contributed by atoms with Crippen LogP contribution in [0.4, 0.5) is 0 Å². The third kappa shape index (κ3) is 1.26. The van der Waals surface area contributed by atoms with Gasteiger partial charge in [-0.15, -0.1) is 0 Å². The van der Waals surface area contributed by atoms with Gasteiger partial charge in [-0.25, -0.2) is 0 Å². The zero-order valence-corrected chi connectivity index (χ0v) is 8.04. The molecule has 66 valence electrons. The van der Waals surface area contributed by atoms with Crippen LogP contribution in [0.25, 0.3) is 16.5 Å². The highest BCUT2D eigenvalue weighted by atomic mass is 14.9. The quantitative estimate of drug-likeness (QED) is 0.621. The molecule has 2 aromatic rings. The first kappa shape index (κ1) is 8.11. The van der Waals surface area contributed by atoms with E-state index in [1.54, 1.807) is 0 Å². The molecule has 1 aromatic carbocycles. The zero-order valence-electron chi connectivity index (χ0n) is 8.04. The van der Waals surface area contributed by atoms with Gasteiger partial charge in [-0.05, 0) is 30.7 Å². The average Bonchev–Trinajstić information content (AvgIpc) is 2.47. The van der Waals surface area contributed by atoms with E-state index in [4.69, 9.17) is 0 Å². The van der Waals surface area contributed by atoms with Gasteiger partial charge < -0.3 is 4.57 Å². The van der Waals surface area contributed by atoms with Crippen LogP contribution in [0.2, 0.25) is 0 Å². The Morgan fingerprint density at radius 3 is 2.77 bits per heavy atom. The van der Waals surface area contributed by atoms with Gasteiger partial charge >= 0.3 is 0 Å². The Hall–Kier alpha value is -1.50. The Bertz CT molecular complexity index is 463. The van der Waals surface area contributed by atoms with Gasteiger partial charge in [-0.1, -0.05) is 18.2 Å². The lowest BCUT2D eigenvalue weighted by molar-refractivity contribution is 0.969. The maximum atomic E-state index is 3.93. The van der Waals surface area contributed by atoms with Crippen LogP contribution in [0, 0.1) is 0 Å². The molecule has 1 aromatic heterocycles. The minimum atomic E-state index is 1.12. The van der Waals surface area contributed by atoms with Gasteiger partial charge in [0, 0.05) is 24.1 Å². The number of nitrogens with zero attached hydrogens (tertiary/aromatic N) is 1. The Labute approximate surface area is 78.3 Å². The number of hydrogen-bond acceptors (Lipinski definition) is 0. The van der Waals surface area contributed by atoms with Crippen LogP contribution in [-0.2, 0) is 7.05 Å². The lowest BCUT2D eigenvalue weighted by atomic mass is 10.1. The minimum Gasteiger partial charge on any atom is -0.351 e. The highest BCUT2D eigenvalue weighted by molar-refractivity contribution is 5.83. The third-order valence-electron chi connectivity index (χ3n) is 2.38. The van der Waals surface area contributed by atoms with Crippen molar-refractivity contribution < 1.29 is 0 Å². The molecule has 2 rings (SSSR count). The van der Waals surface area contributed by atoms with Gasteiger partial charge in [0.05, 0.1) is 0 Å². The summed E-state index contributed by atoms with van der Waals surface area (Å²) in [5.74, 6) is 0. The fourth-order valence-electron chi connectivity index (χ4n) is 1.55. The van der Waals surface area contributed by atoms with Crippen molar-refractivity contribution in [3.8, 4) is 0 Å². The van der Waals surface area contributed by atoms with Crippen LogP contribution in [0.1, 0.15) is 12.5 Å². The van der Waals surface area contributed by atoms with Gasteiger partial charge in [0.2, 0.25) is 0 Å². The first-order valence-corrected chi connectivity index (χ1v) is 4.39. The molecule has 0 atom stereocenters. The molecule has 1 nitrogen and oxygen atoms in total. The summed E-state index contributed by atoms with van der Waals surface area (Å²) in [6.45, 7) is 5.96. The van der Waals surface area contributed by atoms with Crippen LogP contribution in [-0.4, -0.2) is 4.57 Å². The van der Waals surface area contributed by atoms with E-state index in [1.165, 1.54) is 16.5 Å². The zero-order chi connectivity index (χ0) is 9.42. The topological polar surface area (TPSA) is 4.93 Å². The smallest absolute Gasteiger partial charge is 0.0478 e. The van der Waals surface area contributed by atoms with Gasteiger partial charge in [0.1, 0.15) is 0 Å². The standard InChI is InChI=1S/C12H13N/c1-9(2)10-4-5-12-11(8-10)6-7-13(12)3/h4-8H,1H2,2-3H3. The van der Waals surface area contributed by atoms with Gasteiger partial charge in [-0.3, -0.25) is 0 Å². The number of aryl methyl sites for hydroxylation is 1. The first-order valence-electron chi connectivity index (χ1n) is 4.39. The van der Waals surface area contributed by atoms with Crippen LogP contribution >= 0.6 is 0 Å². The van der Waals surface area contributed by atoms with Crippen molar-refractivity contribution in [2.45, 2.75) is 6.92 Å². The summed E-state index contributed by atoms with van der Waals surface area (Å²) in [6.07, 6.45) is 2.08. The number of allylic oxidation sites excluding steroid dienone is 1. The predicted molar refractivity (Wildman–Crippen MR) is 57.6 cm³/mol. The lowest BCUT2D eigenvalue weighted by Gasteiger charge is -2.00. The molecule has 0 amide bonds. The van der Waals surface area contributed by atoms with E-state index in [0.717, 1.165) is 5.57 Å². The van der Waals surface area contributed by atoms with E-state index in [1.807, 2.05) is 6.92 Å². The van der Waals surface area contributed by atoms with Crippen molar-refractivity contribution in [3.05, 3.63) is 42.6 Å². The van der Waals surface area contributed by atoms with E-state index < -0.39 is 0 Å². The van der Waals surface area contributed by atoms with Crippen molar-refractivity contribution in [2.75, 3.05) is 0 Å². The summed E-state index contributed by atoms with van der Waals surface area (Å²) < 4.78 is 2.12. The lowest BCUT2D eigenvalue weighted by Crippen LogP contribution is -1.84.